The second kappa shape index (κ2) is 6.61. The van der Waals surface area contributed by atoms with E-state index in [2.05, 4.69) is 33.0 Å². The topological polar surface area (TPSA) is 12.0 Å². The molecule has 2 atom stereocenters. The first-order valence-electron chi connectivity index (χ1n) is 8.78. The third kappa shape index (κ3) is 3.74. The van der Waals surface area contributed by atoms with E-state index in [0.717, 1.165) is 23.8 Å². The number of hydrogen-bond donors (Lipinski definition) is 1. The second-order valence-corrected chi connectivity index (χ2v) is 7.99. The Morgan fingerprint density at radius 1 is 1.11 bits per heavy atom. The molecule has 0 bridgehead atoms. The Bertz CT molecular complexity index is 263. The van der Waals surface area contributed by atoms with Crippen LogP contribution in [0.4, 0.5) is 0 Å². The molecule has 1 N–H and O–H groups in total. The molecule has 2 aliphatic rings. The standard InChI is InChI=1S/C18H35N/c1-5-13-19-17(15-10-8-14(2)9-11-15)16-7-6-12-18(16,3)4/h14-17,19H,5-13H2,1-4H3. The normalized spacial score (nSPS) is 36.3. The van der Waals surface area contributed by atoms with Gasteiger partial charge in [0.2, 0.25) is 0 Å². The fourth-order valence-electron chi connectivity index (χ4n) is 4.61. The van der Waals surface area contributed by atoms with Crippen LogP contribution in [0, 0.1) is 23.2 Å². The zero-order valence-electron chi connectivity index (χ0n) is 13.7. The maximum atomic E-state index is 3.95. The van der Waals surface area contributed by atoms with Crippen molar-refractivity contribution in [2.24, 2.45) is 23.2 Å². The van der Waals surface area contributed by atoms with Crippen molar-refractivity contribution in [3.8, 4) is 0 Å². The average Bonchev–Trinajstić information content (AvgIpc) is 2.72. The molecule has 0 aromatic rings. The molecule has 0 amide bonds. The van der Waals surface area contributed by atoms with Crippen LogP contribution in [0.1, 0.15) is 79.1 Å². The molecule has 2 fully saturated rings. The summed E-state index contributed by atoms with van der Waals surface area (Å²) in [6, 6.07) is 0.796. The fraction of sp³-hybridized carbons (Fsp3) is 1.00. The van der Waals surface area contributed by atoms with Crippen LogP contribution in [0.2, 0.25) is 0 Å². The van der Waals surface area contributed by atoms with Crippen LogP contribution in [-0.2, 0) is 0 Å². The van der Waals surface area contributed by atoms with Crippen LogP contribution in [0.5, 0.6) is 0 Å². The molecule has 0 aromatic heterocycles. The maximum absolute atomic E-state index is 3.95. The summed E-state index contributed by atoms with van der Waals surface area (Å²) in [6.07, 6.45) is 11.5. The Hall–Kier alpha value is -0.0400. The van der Waals surface area contributed by atoms with Crippen LogP contribution in [0.15, 0.2) is 0 Å². The molecular weight excluding hydrogens is 230 g/mol. The average molecular weight is 265 g/mol. The lowest BCUT2D eigenvalue weighted by Gasteiger charge is -2.41. The van der Waals surface area contributed by atoms with E-state index < -0.39 is 0 Å². The van der Waals surface area contributed by atoms with Gasteiger partial charge >= 0.3 is 0 Å². The van der Waals surface area contributed by atoms with Gasteiger partial charge in [-0.1, -0.05) is 47.0 Å². The first-order valence-corrected chi connectivity index (χ1v) is 8.78. The summed E-state index contributed by atoms with van der Waals surface area (Å²) < 4.78 is 0. The van der Waals surface area contributed by atoms with Crippen LogP contribution in [0.3, 0.4) is 0 Å². The number of hydrogen-bond acceptors (Lipinski definition) is 1. The van der Waals surface area contributed by atoms with Gasteiger partial charge in [-0.15, -0.1) is 0 Å². The minimum Gasteiger partial charge on any atom is -0.313 e. The maximum Gasteiger partial charge on any atom is 0.0129 e. The molecule has 0 heterocycles. The van der Waals surface area contributed by atoms with Crippen molar-refractivity contribution in [2.45, 2.75) is 85.1 Å². The molecule has 0 aliphatic heterocycles. The monoisotopic (exact) mass is 265 g/mol. The van der Waals surface area contributed by atoms with Gasteiger partial charge in [0.25, 0.3) is 0 Å². The highest BCUT2D eigenvalue weighted by atomic mass is 14.9. The zero-order valence-corrected chi connectivity index (χ0v) is 13.7. The first-order chi connectivity index (χ1) is 9.04. The van der Waals surface area contributed by atoms with Crippen molar-refractivity contribution in [2.75, 3.05) is 6.54 Å². The fourth-order valence-corrected chi connectivity index (χ4v) is 4.61. The van der Waals surface area contributed by atoms with Gasteiger partial charge in [-0.3, -0.25) is 0 Å². The highest BCUT2D eigenvalue weighted by Crippen LogP contribution is 2.47. The van der Waals surface area contributed by atoms with E-state index >= 15 is 0 Å². The molecule has 2 aliphatic carbocycles. The van der Waals surface area contributed by atoms with Gasteiger partial charge in [0.1, 0.15) is 0 Å². The Morgan fingerprint density at radius 2 is 1.79 bits per heavy atom. The summed E-state index contributed by atoms with van der Waals surface area (Å²) in [7, 11) is 0. The molecule has 19 heavy (non-hydrogen) atoms. The SMILES string of the molecule is CCCNC(C1CCC(C)CC1)C1CCCC1(C)C. The van der Waals surface area contributed by atoms with Crippen molar-refractivity contribution in [3.63, 3.8) is 0 Å². The van der Waals surface area contributed by atoms with Gasteiger partial charge in [-0.2, -0.15) is 0 Å². The predicted molar refractivity (Wildman–Crippen MR) is 84.3 cm³/mol. The van der Waals surface area contributed by atoms with E-state index in [4.69, 9.17) is 0 Å². The van der Waals surface area contributed by atoms with Crippen LogP contribution in [-0.4, -0.2) is 12.6 Å². The Morgan fingerprint density at radius 3 is 2.32 bits per heavy atom. The third-order valence-corrected chi connectivity index (χ3v) is 5.97. The summed E-state index contributed by atoms with van der Waals surface area (Å²) in [4.78, 5) is 0. The van der Waals surface area contributed by atoms with E-state index in [-0.39, 0.29) is 0 Å². The van der Waals surface area contributed by atoms with Gasteiger partial charge in [-0.25, -0.2) is 0 Å². The lowest BCUT2D eigenvalue weighted by Crippen LogP contribution is -2.47. The summed E-state index contributed by atoms with van der Waals surface area (Å²) >= 11 is 0. The Labute approximate surface area is 120 Å². The Kier molecular flexibility index (Phi) is 5.34. The minimum absolute atomic E-state index is 0.564. The second-order valence-electron chi connectivity index (χ2n) is 7.99. The first kappa shape index (κ1) is 15.4. The van der Waals surface area contributed by atoms with Crippen molar-refractivity contribution < 1.29 is 0 Å². The molecule has 0 saturated heterocycles. The van der Waals surface area contributed by atoms with Crippen molar-refractivity contribution >= 4 is 0 Å². The van der Waals surface area contributed by atoms with E-state index in [1.165, 1.54) is 57.9 Å². The van der Waals surface area contributed by atoms with Gasteiger partial charge < -0.3 is 5.32 Å². The van der Waals surface area contributed by atoms with Crippen LogP contribution >= 0.6 is 0 Å². The summed E-state index contributed by atoms with van der Waals surface area (Å²) in [5.41, 5.74) is 0.564. The minimum atomic E-state index is 0.564. The van der Waals surface area contributed by atoms with Gasteiger partial charge in [-0.05, 0) is 61.8 Å². The molecular formula is C18H35N. The summed E-state index contributed by atoms with van der Waals surface area (Å²) in [5, 5.41) is 3.95. The molecule has 112 valence electrons. The number of rotatable bonds is 5. The van der Waals surface area contributed by atoms with E-state index in [9.17, 15) is 0 Å². The van der Waals surface area contributed by atoms with Gasteiger partial charge in [0, 0.05) is 6.04 Å². The van der Waals surface area contributed by atoms with E-state index in [1.54, 1.807) is 0 Å². The van der Waals surface area contributed by atoms with Gasteiger partial charge in [0.05, 0.1) is 0 Å². The molecule has 1 heteroatoms. The van der Waals surface area contributed by atoms with Crippen LogP contribution in [0.25, 0.3) is 0 Å². The molecule has 0 aromatic carbocycles. The molecule has 0 radical (unpaired) electrons. The lowest BCUT2D eigenvalue weighted by atomic mass is 9.69. The van der Waals surface area contributed by atoms with Gasteiger partial charge in [0.15, 0.2) is 0 Å². The third-order valence-electron chi connectivity index (χ3n) is 5.97. The summed E-state index contributed by atoms with van der Waals surface area (Å²) in [5.74, 6) is 2.84. The van der Waals surface area contributed by atoms with Crippen molar-refractivity contribution in [3.05, 3.63) is 0 Å². The smallest absolute Gasteiger partial charge is 0.0129 e. The quantitative estimate of drug-likeness (QED) is 0.737. The van der Waals surface area contributed by atoms with Crippen molar-refractivity contribution in [1.82, 2.24) is 5.32 Å². The number of nitrogens with one attached hydrogen (secondary N) is 1. The highest BCUT2D eigenvalue weighted by Gasteiger charge is 2.42. The van der Waals surface area contributed by atoms with Crippen LogP contribution < -0.4 is 5.32 Å². The molecule has 2 rings (SSSR count). The van der Waals surface area contributed by atoms with Crippen molar-refractivity contribution in [1.29, 1.82) is 0 Å². The summed E-state index contributed by atoms with van der Waals surface area (Å²) in [6.45, 7) is 11.0. The highest BCUT2D eigenvalue weighted by molar-refractivity contribution is 4.96. The Balaban J connectivity index is 2.02. The van der Waals surface area contributed by atoms with E-state index in [1.807, 2.05) is 0 Å². The zero-order chi connectivity index (χ0) is 13.9. The lowest BCUT2D eigenvalue weighted by molar-refractivity contribution is 0.121. The van der Waals surface area contributed by atoms with E-state index in [0.29, 0.717) is 5.41 Å². The molecule has 1 nitrogen and oxygen atoms in total. The molecule has 2 saturated carbocycles. The predicted octanol–water partition coefficient (Wildman–Crippen LogP) is 5.01. The molecule has 2 unspecified atom stereocenters. The molecule has 0 spiro atoms. The largest absolute Gasteiger partial charge is 0.313 e.